The standard InChI is InChI=1S/C21H24N6S/c22-20-16-28-21(24-20)25-23-14-18-8-4-5-9-19(18)27-12-10-26(11-13-27)15-17-6-2-1-3-7-17/h1-9,14,16H,10-13,15,22H2,(H,24,25). The number of nitrogens with two attached hydrogens (primary N) is 1. The Kier molecular flexibility index (Phi) is 5.84. The van der Waals surface area contributed by atoms with Gasteiger partial charge in [-0.25, -0.2) is 4.98 Å². The number of rotatable bonds is 6. The molecule has 1 aliphatic rings. The van der Waals surface area contributed by atoms with Gasteiger partial charge in [-0.3, -0.25) is 10.3 Å². The number of anilines is 3. The van der Waals surface area contributed by atoms with E-state index in [0.717, 1.165) is 38.3 Å². The topological polar surface area (TPSA) is 69.8 Å². The second-order valence-electron chi connectivity index (χ2n) is 6.76. The van der Waals surface area contributed by atoms with E-state index in [2.05, 4.69) is 73.8 Å². The lowest BCUT2D eigenvalue weighted by molar-refractivity contribution is 0.250. The van der Waals surface area contributed by atoms with Crippen molar-refractivity contribution in [1.29, 1.82) is 0 Å². The molecule has 144 valence electrons. The third-order valence-corrected chi connectivity index (χ3v) is 5.55. The van der Waals surface area contributed by atoms with Crippen LogP contribution in [0, 0.1) is 0 Å². The van der Waals surface area contributed by atoms with Crippen molar-refractivity contribution in [3.63, 3.8) is 0 Å². The molecule has 2 heterocycles. The van der Waals surface area contributed by atoms with Crippen LogP contribution >= 0.6 is 11.3 Å². The summed E-state index contributed by atoms with van der Waals surface area (Å²) in [6.07, 6.45) is 1.85. The Morgan fingerprint density at radius 1 is 1.04 bits per heavy atom. The predicted molar refractivity (Wildman–Crippen MR) is 118 cm³/mol. The number of hydrogen-bond acceptors (Lipinski definition) is 7. The molecule has 1 fully saturated rings. The quantitative estimate of drug-likeness (QED) is 0.496. The van der Waals surface area contributed by atoms with Crippen LogP contribution in [0.15, 0.2) is 65.1 Å². The first-order valence-electron chi connectivity index (χ1n) is 9.38. The van der Waals surface area contributed by atoms with E-state index in [1.807, 2.05) is 12.3 Å². The number of hydrogen-bond donors (Lipinski definition) is 2. The molecule has 6 nitrogen and oxygen atoms in total. The lowest BCUT2D eigenvalue weighted by atomic mass is 10.1. The Bertz CT molecular complexity index is 915. The minimum absolute atomic E-state index is 0.511. The molecule has 4 rings (SSSR count). The van der Waals surface area contributed by atoms with E-state index in [4.69, 9.17) is 5.73 Å². The predicted octanol–water partition coefficient (Wildman–Crippen LogP) is 3.49. The van der Waals surface area contributed by atoms with Gasteiger partial charge < -0.3 is 10.6 Å². The Labute approximate surface area is 169 Å². The summed E-state index contributed by atoms with van der Waals surface area (Å²) in [5.74, 6) is 0.511. The Balaban J connectivity index is 1.37. The molecule has 0 spiro atoms. The number of benzene rings is 2. The van der Waals surface area contributed by atoms with Crippen molar-refractivity contribution in [3.05, 3.63) is 71.1 Å². The number of nitrogens with zero attached hydrogens (tertiary/aromatic N) is 4. The van der Waals surface area contributed by atoms with Crippen molar-refractivity contribution in [2.75, 3.05) is 42.2 Å². The zero-order valence-corrected chi connectivity index (χ0v) is 16.5. The molecular weight excluding hydrogens is 368 g/mol. The summed E-state index contributed by atoms with van der Waals surface area (Å²) in [6.45, 7) is 5.13. The summed E-state index contributed by atoms with van der Waals surface area (Å²) in [5, 5.41) is 6.82. The van der Waals surface area contributed by atoms with Crippen molar-refractivity contribution in [2.45, 2.75) is 6.54 Å². The van der Waals surface area contributed by atoms with Crippen molar-refractivity contribution in [1.82, 2.24) is 9.88 Å². The minimum Gasteiger partial charge on any atom is -0.383 e. The van der Waals surface area contributed by atoms with Gasteiger partial charge in [-0.05, 0) is 11.6 Å². The third-order valence-electron chi connectivity index (χ3n) is 4.78. The molecule has 28 heavy (non-hydrogen) atoms. The molecule has 1 saturated heterocycles. The molecule has 0 aliphatic carbocycles. The molecule has 0 atom stereocenters. The third kappa shape index (κ3) is 4.68. The van der Waals surface area contributed by atoms with Crippen LogP contribution in [0.1, 0.15) is 11.1 Å². The van der Waals surface area contributed by atoms with Crippen LogP contribution in [0.2, 0.25) is 0 Å². The number of hydrazone groups is 1. The van der Waals surface area contributed by atoms with E-state index in [1.54, 1.807) is 5.38 Å². The Morgan fingerprint density at radius 2 is 1.79 bits per heavy atom. The summed E-state index contributed by atoms with van der Waals surface area (Å²) >= 11 is 1.44. The van der Waals surface area contributed by atoms with Gasteiger partial charge in [0.1, 0.15) is 5.82 Å². The molecule has 0 unspecified atom stereocenters. The number of piperazine rings is 1. The smallest absolute Gasteiger partial charge is 0.205 e. The number of para-hydroxylation sites is 1. The van der Waals surface area contributed by atoms with Crippen molar-refractivity contribution in [2.24, 2.45) is 5.10 Å². The van der Waals surface area contributed by atoms with Crippen LogP contribution in [-0.2, 0) is 6.54 Å². The highest BCUT2D eigenvalue weighted by atomic mass is 32.1. The summed E-state index contributed by atoms with van der Waals surface area (Å²) in [7, 11) is 0. The highest BCUT2D eigenvalue weighted by Crippen LogP contribution is 2.22. The van der Waals surface area contributed by atoms with Gasteiger partial charge in [0.25, 0.3) is 0 Å². The van der Waals surface area contributed by atoms with E-state index in [0.29, 0.717) is 10.9 Å². The van der Waals surface area contributed by atoms with Crippen LogP contribution in [-0.4, -0.2) is 42.3 Å². The van der Waals surface area contributed by atoms with Gasteiger partial charge in [0.05, 0.1) is 6.21 Å². The maximum Gasteiger partial charge on any atom is 0.205 e. The highest BCUT2D eigenvalue weighted by molar-refractivity contribution is 7.14. The molecule has 3 aromatic rings. The van der Waals surface area contributed by atoms with Gasteiger partial charge in [-0.1, -0.05) is 48.5 Å². The molecule has 3 N–H and O–H groups in total. The first kappa shape index (κ1) is 18.5. The van der Waals surface area contributed by atoms with Gasteiger partial charge in [0.2, 0.25) is 5.13 Å². The molecule has 0 radical (unpaired) electrons. The lowest BCUT2D eigenvalue weighted by Crippen LogP contribution is -2.46. The zero-order valence-electron chi connectivity index (χ0n) is 15.7. The van der Waals surface area contributed by atoms with E-state index in [1.165, 1.54) is 22.6 Å². The second kappa shape index (κ2) is 8.86. The Morgan fingerprint density at radius 3 is 2.54 bits per heavy atom. The minimum atomic E-state index is 0.511. The van der Waals surface area contributed by atoms with Gasteiger partial charge in [0.15, 0.2) is 0 Å². The first-order chi connectivity index (χ1) is 13.8. The average molecular weight is 393 g/mol. The fourth-order valence-corrected chi connectivity index (χ4v) is 3.92. The van der Waals surface area contributed by atoms with Crippen LogP contribution in [0.5, 0.6) is 0 Å². The van der Waals surface area contributed by atoms with Crippen LogP contribution < -0.4 is 16.1 Å². The molecule has 1 aromatic heterocycles. The normalized spacial score (nSPS) is 15.2. The molecule has 0 amide bonds. The van der Waals surface area contributed by atoms with E-state index in [9.17, 15) is 0 Å². The maximum atomic E-state index is 5.64. The lowest BCUT2D eigenvalue weighted by Gasteiger charge is -2.36. The van der Waals surface area contributed by atoms with Crippen LogP contribution in [0.4, 0.5) is 16.6 Å². The summed E-state index contributed by atoms with van der Waals surface area (Å²) in [5.41, 5.74) is 12.3. The molecule has 2 aromatic carbocycles. The summed E-state index contributed by atoms with van der Waals surface area (Å²) in [6, 6.07) is 19.0. The van der Waals surface area contributed by atoms with Crippen molar-refractivity contribution >= 4 is 34.2 Å². The number of thiazole rings is 1. The summed E-state index contributed by atoms with van der Waals surface area (Å²) in [4.78, 5) is 9.10. The van der Waals surface area contributed by atoms with Gasteiger partial charge in [-0.2, -0.15) is 5.10 Å². The number of nitrogens with one attached hydrogen (secondary N) is 1. The Hall–Kier alpha value is -2.90. The average Bonchev–Trinajstić information content (AvgIpc) is 3.15. The SMILES string of the molecule is Nc1csc(NN=Cc2ccccc2N2CCN(Cc3ccccc3)CC2)n1. The van der Waals surface area contributed by atoms with Gasteiger partial charge in [0, 0.05) is 49.4 Å². The second-order valence-corrected chi connectivity index (χ2v) is 7.61. The number of aromatic nitrogens is 1. The van der Waals surface area contributed by atoms with E-state index < -0.39 is 0 Å². The molecule has 0 bridgehead atoms. The van der Waals surface area contributed by atoms with Crippen LogP contribution in [0.3, 0.4) is 0 Å². The van der Waals surface area contributed by atoms with Gasteiger partial charge in [-0.15, -0.1) is 11.3 Å². The number of nitrogen functional groups attached to an aromatic ring is 1. The van der Waals surface area contributed by atoms with Crippen LogP contribution in [0.25, 0.3) is 0 Å². The highest BCUT2D eigenvalue weighted by Gasteiger charge is 2.18. The summed E-state index contributed by atoms with van der Waals surface area (Å²) < 4.78 is 0. The maximum absolute atomic E-state index is 5.64. The van der Waals surface area contributed by atoms with E-state index in [-0.39, 0.29) is 0 Å². The van der Waals surface area contributed by atoms with Crippen molar-refractivity contribution < 1.29 is 0 Å². The fraction of sp³-hybridized carbons (Fsp3) is 0.238. The monoisotopic (exact) mass is 392 g/mol. The van der Waals surface area contributed by atoms with Gasteiger partial charge >= 0.3 is 0 Å². The zero-order chi connectivity index (χ0) is 19.2. The largest absolute Gasteiger partial charge is 0.383 e. The molecular formula is C21H24N6S. The molecule has 1 aliphatic heterocycles. The first-order valence-corrected chi connectivity index (χ1v) is 10.3. The van der Waals surface area contributed by atoms with E-state index >= 15 is 0 Å². The molecule has 7 heteroatoms. The van der Waals surface area contributed by atoms with Crippen molar-refractivity contribution in [3.8, 4) is 0 Å². The fourth-order valence-electron chi connectivity index (χ4n) is 3.37. The molecule has 0 saturated carbocycles.